The normalized spacial score (nSPS) is 14.6. The average molecular weight is 420 g/mol. The third kappa shape index (κ3) is 4.35. The lowest BCUT2D eigenvalue weighted by atomic mass is 10.0. The number of benzene rings is 2. The fourth-order valence-corrected chi connectivity index (χ4v) is 3.94. The smallest absolute Gasteiger partial charge is 0.231 e. The van der Waals surface area contributed by atoms with Gasteiger partial charge in [0, 0.05) is 15.6 Å². The number of carbonyl (C=O) groups excluding carboxylic acids is 1. The van der Waals surface area contributed by atoms with Gasteiger partial charge in [-0.3, -0.25) is 4.79 Å². The highest BCUT2D eigenvalue weighted by Crippen LogP contribution is 2.38. The second-order valence-electron chi connectivity index (χ2n) is 6.95. The number of hydrogen-bond acceptors (Lipinski definition) is 3. The summed E-state index contributed by atoms with van der Waals surface area (Å²) in [6.45, 7) is 6.73. The molecule has 148 valence electrons. The number of nitrogens with one attached hydrogen (secondary N) is 1. The summed E-state index contributed by atoms with van der Waals surface area (Å²) in [6.07, 6.45) is 3.65. The fraction of sp³-hybridized carbons (Fsp3) is 0.318. The molecule has 3 rings (SSSR count). The molecule has 0 saturated heterocycles. The third-order valence-electron chi connectivity index (χ3n) is 4.78. The van der Waals surface area contributed by atoms with Crippen LogP contribution < -0.4 is 14.7 Å². The predicted octanol–water partition coefficient (Wildman–Crippen LogP) is 3.89. The standard InChI is InChI=1S/C22H23Cl2NO3/c1-3-9-25(10-4-2)13-17-19(26)8-7-16-21(27)20(28-22(16)17)11-14-5-6-15(23)12-18(14)24/h5-8,11-12,26H,3-4,9-10,13H2,1-2H3. The van der Waals surface area contributed by atoms with E-state index in [-0.39, 0.29) is 17.3 Å². The van der Waals surface area contributed by atoms with Crippen LogP contribution in [0.5, 0.6) is 11.5 Å². The Kier molecular flexibility index (Phi) is 6.65. The summed E-state index contributed by atoms with van der Waals surface area (Å²) in [4.78, 5) is 14.1. The van der Waals surface area contributed by atoms with Crippen molar-refractivity contribution in [1.82, 2.24) is 0 Å². The predicted molar refractivity (Wildman–Crippen MR) is 110 cm³/mol. The maximum absolute atomic E-state index is 12.8. The lowest BCUT2D eigenvalue weighted by Gasteiger charge is -2.23. The number of halogens is 2. The lowest BCUT2D eigenvalue weighted by Crippen LogP contribution is -3.10. The molecule has 28 heavy (non-hydrogen) atoms. The number of quaternary nitrogens is 1. The molecule has 1 N–H and O–H groups in total. The van der Waals surface area contributed by atoms with Crippen molar-refractivity contribution in [2.24, 2.45) is 0 Å². The Morgan fingerprint density at radius 3 is 2.46 bits per heavy atom. The molecule has 0 aliphatic carbocycles. The van der Waals surface area contributed by atoms with E-state index in [4.69, 9.17) is 27.9 Å². The number of allylic oxidation sites excluding steroid dienone is 1. The Bertz CT molecular complexity index is 918. The minimum Gasteiger partial charge on any atom is -0.872 e. The van der Waals surface area contributed by atoms with Crippen molar-refractivity contribution in [3.8, 4) is 11.5 Å². The number of fused-ring (bicyclic) bond motifs is 1. The largest absolute Gasteiger partial charge is 0.872 e. The molecule has 0 fully saturated rings. The van der Waals surface area contributed by atoms with E-state index in [1.807, 2.05) is 0 Å². The Morgan fingerprint density at radius 1 is 1.11 bits per heavy atom. The molecule has 0 amide bonds. The zero-order valence-corrected chi connectivity index (χ0v) is 17.5. The van der Waals surface area contributed by atoms with E-state index >= 15 is 0 Å². The molecular formula is C22H23Cl2NO3. The van der Waals surface area contributed by atoms with E-state index in [0.29, 0.717) is 39.0 Å². The summed E-state index contributed by atoms with van der Waals surface area (Å²) >= 11 is 12.1. The number of carbonyl (C=O) groups is 1. The van der Waals surface area contributed by atoms with Crippen LogP contribution in [0.3, 0.4) is 0 Å². The van der Waals surface area contributed by atoms with Crippen molar-refractivity contribution in [1.29, 1.82) is 0 Å². The van der Waals surface area contributed by atoms with Crippen molar-refractivity contribution < 1.29 is 19.5 Å². The fourth-order valence-electron chi connectivity index (χ4n) is 3.48. The van der Waals surface area contributed by atoms with Crippen LogP contribution in [0.2, 0.25) is 10.0 Å². The molecule has 1 aliphatic rings. The molecule has 1 aliphatic heterocycles. The molecule has 0 atom stereocenters. The number of ketones is 1. The molecular weight excluding hydrogens is 397 g/mol. The van der Waals surface area contributed by atoms with Gasteiger partial charge in [0.15, 0.2) is 5.76 Å². The van der Waals surface area contributed by atoms with E-state index in [1.54, 1.807) is 30.3 Å². The summed E-state index contributed by atoms with van der Waals surface area (Å²) < 4.78 is 5.88. The molecule has 0 spiro atoms. The highest BCUT2D eigenvalue weighted by molar-refractivity contribution is 6.35. The van der Waals surface area contributed by atoms with Crippen molar-refractivity contribution in [3.05, 3.63) is 62.8 Å². The Balaban J connectivity index is 1.95. The molecule has 2 aromatic carbocycles. The van der Waals surface area contributed by atoms with Gasteiger partial charge >= 0.3 is 0 Å². The van der Waals surface area contributed by atoms with Gasteiger partial charge in [0.2, 0.25) is 5.78 Å². The van der Waals surface area contributed by atoms with Crippen LogP contribution in [0.4, 0.5) is 0 Å². The molecule has 6 heteroatoms. The van der Waals surface area contributed by atoms with Crippen LogP contribution in [0.25, 0.3) is 6.08 Å². The molecule has 0 saturated carbocycles. The van der Waals surface area contributed by atoms with Gasteiger partial charge in [0.05, 0.1) is 18.7 Å². The summed E-state index contributed by atoms with van der Waals surface area (Å²) in [6, 6.07) is 8.05. The van der Waals surface area contributed by atoms with Gasteiger partial charge < -0.3 is 14.7 Å². The maximum atomic E-state index is 12.8. The van der Waals surface area contributed by atoms with Crippen LogP contribution in [0.15, 0.2) is 36.1 Å². The minimum absolute atomic E-state index is 0.0953. The molecule has 0 aromatic heterocycles. The van der Waals surface area contributed by atoms with Crippen LogP contribution in [-0.2, 0) is 6.54 Å². The molecule has 0 radical (unpaired) electrons. The summed E-state index contributed by atoms with van der Waals surface area (Å²) in [5.74, 6) is 0.217. The van der Waals surface area contributed by atoms with E-state index in [2.05, 4.69) is 13.8 Å². The van der Waals surface area contributed by atoms with Gasteiger partial charge in [0.25, 0.3) is 0 Å². The molecule has 0 bridgehead atoms. The summed E-state index contributed by atoms with van der Waals surface area (Å²) in [5, 5.41) is 13.5. The van der Waals surface area contributed by atoms with Crippen molar-refractivity contribution >= 4 is 35.1 Å². The van der Waals surface area contributed by atoms with Crippen molar-refractivity contribution in [2.45, 2.75) is 33.2 Å². The first kappa shape index (κ1) is 20.7. The number of rotatable bonds is 7. The van der Waals surface area contributed by atoms with Crippen LogP contribution in [-0.4, -0.2) is 18.9 Å². The number of hydrogen-bond donors (Lipinski definition) is 1. The molecule has 0 unspecified atom stereocenters. The zero-order valence-electron chi connectivity index (χ0n) is 16.0. The zero-order chi connectivity index (χ0) is 20.3. The van der Waals surface area contributed by atoms with E-state index < -0.39 is 0 Å². The first-order valence-corrected chi connectivity index (χ1v) is 10.3. The van der Waals surface area contributed by atoms with E-state index in [9.17, 15) is 9.90 Å². The molecule has 2 aromatic rings. The quantitative estimate of drug-likeness (QED) is 0.692. The van der Waals surface area contributed by atoms with Gasteiger partial charge in [-0.1, -0.05) is 54.9 Å². The highest BCUT2D eigenvalue weighted by atomic mass is 35.5. The number of Topliss-reactive ketones (excluding diaryl/α,β-unsaturated/α-hetero) is 1. The van der Waals surface area contributed by atoms with Crippen LogP contribution >= 0.6 is 23.2 Å². The van der Waals surface area contributed by atoms with Gasteiger partial charge in [-0.25, -0.2) is 0 Å². The van der Waals surface area contributed by atoms with Crippen LogP contribution in [0, 0.1) is 0 Å². The highest BCUT2D eigenvalue weighted by Gasteiger charge is 2.31. The summed E-state index contributed by atoms with van der Waals surface area (Å²) in [5.41, 5.74) is 1.63. The first-order chi connectivity index (χ1) is 13.4. The Morgan fingerprint density at radius 2 is 1.82 bits per heavy atom. The Labute approximate surface area is 175 Å². The first-order valence-electron chi connectivity index (χ1n) is 9.50. The topological polar surface area (TPSA) is 53.8 Å². The third-order valence-corrected chi connectivity index (χ3v) is 5.34. The van der Waals surface area contributed by atoms with Crippen LogP contribution in [0.1, 0.15) is 48.2 Å². The van der Waals surface area contributed by atoms with Gasteiger partial charge in [0.1, 0.15) is 12.3 Å². The molecule has 1 heterocycles. The average Bonchev–Trinajstić information content (AvgIpc) is 2.96. The second kappa shape index (κ2) is 8.99. The van der Waals surface area contributed by atoms with Gasteiger partial charge in [-0.2, -0.15) is 0 Å². The Hall–Kier alpha value is -2.01. The summed E-state index contributed by atoms with van der Waals surface area (Å²) in [7, 11) is 0. The van der Waals surface area contributed by atoms with Gasteiger partial charge in [-0.05, 0) is 42.7 Å². The molecule has 4 nitrogen and oxygen atoms in total. The second-order valence-corrected chi connectivity index (χ2v) is 7.79. The SMILES string of the molecule is CCC[NH+](CCC)Cc1c([O-])ccc2c1OC(=Cc1ccc(Cl)cc1Cl)C2=O. The van der Waals surface area contributed by atoms with E-state index in [0.717, 1.165) is 25.9 Å². The number of ether oxygens (including phenoxy) is 1. The van der Waals surface area contributed by atoms with Gasteiger partial charge in [-0.15, -0.1) is 0 Å². The maximum Gasteiger partial charge on any atom is 0.231 e. The lowest BCUT2D eigenvalue weighted by molar-refractivity contribution is -0.914. The van der Waals surface area contributed by atoms with Crippen molar-refractivity contribution in [2.75, 3.05) is 13.1 Å². The van der Waals surface area contributed by atoms with Crippen molar-refractivity contribution in [3.63, 3.8) is 0 Å². The monoisotopic (exact) mass is 419 g/mol. The minimum atomic E-state index is -0.241. The van der Waals surface area contributed by atoms with E-state index in [1.165, 1.54) is 11.0 Å².